The number of esters is 1. The average molecular weight is 389 g/mol. The van der Waals surface area contributed by atoms with Crippen LogP contribution in [0.4, 0.5) is 0 Å². The molecule has 5 saturated carbocycles. The van der Waals surface area contributed by atoms with E-state index in [1.54, 1.807) is 14.0 Å². The van der Waals surface area contributed by atoms with E-state index in [0.717, 1.165) is 51.4 Å². The predicted octanol–water partition coefficient (Wildman–Crippen LogP) is 2.93. The van der Waals surface area contributed by atoms with Crippen LogP contribution in [0.2, 0.25) is 0 Å². The number of hydrogen-bond donors (Lipinski definition) is 1. The molecule has 0 aromatic rings. The van der Waals surface area contributed by atoms with Crippen molar-refractivity contribution in [1.29, 1.82) is 5.26 Å². The van der Waals surface area contributed by atoms with Gasteiger partial charge in [-0.15, -0.1) is 0 Å². The number of nitrogens with zero attached hydrogens (tertiary/aromatic N) is 2. The van der Waals surface area contributed by atoms with Crippen molar-refractivity contribution in [2.24, 2.45) is 17.3 Å². The van der Waals surface area contributed by atoms with Crippen LogP contribution in [-0.2, 0) is 14.3 Å². The number of rotatable bonds is 4. The lowest BCUT2D eigenvalue weighted by Crippen LogP contribution is -2.59. The highest BCUT2D eigenvalue weighted by atomic mass is 16.5. The minimum absolute atomic E-state index is 0.305. The van der Waals surface area contributed by atoms with E-state index in [1.807, 2.05) is 0 Å². The normalized spacial score (nSPS) is 39.1. The highest BCUT2D eigenvalue weighted by Crippen LogP contribution is 2.62. The zero-order valence-electron chi connectivity index (χ0n) is 17.1. The summed E-state index contributed by atoms with van der Waals surface area (Å²) in [5.41, 5.74) is -2.16. The number of aliphatic hydroxyl groups is 1. The molecule has 5 aliphatic carbocycles. The number of likely N-dealkylation sites (N-methyl/N-ethyl adjacent to an activating group) is 1. The molecule has 28 heavy (non-hydrogen) atoms. The van der Waals surface area contributed by atoms with E-state index in [1.165, 1.54) is 4.90 Å². The molecule has 0 heterocycles. The minimum Gasteiger partial charge on any atom is -0.452 e. The Labute approximate surface area is 167 Å². The summed E-state index contributed by atoms with van der Waals surface area (Å²) >= 11 is 0. The first-order chi connectivity index (χ1) is 13.2. The van der Waals surface area contributed by atoms with Crippen molar-refractivity contribution in [3.8, 4) is 6.07 Å². The molecule has 154 valence electrons. The first kappa shape index (κ1) is 19.7. The highest BCUT2D eigenvalue weighted by molar-refractivity contribution is 5.86. The smallest absolute Gasteiger partial charge is 0.312 e. The third-order valence-corrected chi connectivity index (χ3v) is 7.96. The van der Waals surface area contributed by atoms with Gasteiger partial charge in [0.1, 0.15) is 5.54 Å². The molecule has 0 aliphatic heterocycles. The quantitative estimate of drug-likeness (QED) is 0.748. The maximum atomic E-state index is 13.1. The van der Waals surface area contributed by atoms with E-state index in [4.69, 9.17) is 4.74 Å². The van der Waals surface area contributed by atoms with Gasteiger partial charge in [-0.1, -0.05) is 19.3 Å². The molecule has 5 fully saturated rings. The van der Waals surface area contributed by atoms with Crippen LogP contribution >= 0.6 is 0 Å². The summed E-state index contributed by atoms with van der Waals surface area (Å²) < 4.78 is 5.69. The largest absolute Gasteiger partial charge is 0.452 e. The Morgan fingerprint density at radius 2 is 1.75 bits per heavy atom. The number of carbonyl (C=O) groups excluding carboxylic acids is 2. The van der Waals surface area contributed by atoms with Crippen molar-refractivity contribution < 1.29 is 19.4 Å². The summed E-state index contributed by atoms with van der Waals surface area (Å²) in [5, 5.41) is 20.6. The molecule has 0 aromatic carbocycles. The van der Waals surface area contributed by atoms with Crippen molar-refractivity contribution in [2.75, 3.05) is 7.05 Å². The molecule has 5 rings (SSSR count). The van der Waals surface area contributed by atoms with Crippen LogP contribution in [0.25, 0.3) is 0 Å². The van der Waals surface area contributed by atoms with Gasteiger partial charge in [-0.05, 0) is 70.1 Å². The molecule has 0 radical (unpaired) electrons. The van der Waals surface area contributed by atoms with E-state index in [2.05, 4.69) is 6.07 Å². The van der Waals surface area contributed by atoms with E-state index >= 15 is 0 Å². The SMILES string of the molecule is C[C@H](OC(=O)C12C[C@@H]3C[C@@H](CC(O)(C3)C1)C2)C(=O)N(C)C1(C#N)CCCCC1. The lowest BCUT2D eigenvalue weighted by Gasteiger charge is -2.58. The molecule has 6 nitrogen and oxygen atoms in total. The van der Waals surface area contributed by atoms with Gasteiger partial charge in [0, 0.05) is 7.05 Å². The number of amides is 1. The van der Waals surface area contributed by atoms with Gasteiger partial charge in [0.15, 0.2) is 6.10 Å². The van der Waals surface area contributed by atoms with Crippen LogP contribution in [0.5, 0.6) is 0 Å². The number of ether oxygens (including phenoxy) is 1. The molecule has 0 saturated heterocycles. The lowest BCUT2D eigenvalue weighted by atomic mass is 9.48. The zero-order chi connectivity index (χ0) is 20.2. The first-order valence-electron chi connectivity index (χ1n) is 10.8. The molecule has 0 spiro atoms. The fourth-order valence-electron chi connectivity index (χ4n) is 6.93. The fourth-order valence-corrected chi connectivity index (χ4v) is 6.93. The second-order valence-electron chi connectivity index (χ2n) is 10.1. The van der Waals surface area contributed by atoms with E-state index in [9.17, 15) is 20.0 Å². The van der Waals surface area contributed by atoms with Crippen molar-refractivity contribution in [3.05, 3.63) is 0 Å². The second-order valence-corrected chi connectivity index (χ2v) is 10.1. The van der Waals surface area contributed by atoms with Gasteiger partial charge in [-0.3, -0.25) is 9.59 Å². The van der Waals surface area contributed by atoms with Crippen molar-refractivity contribution in [3.63, 3.8) is 0 Å². The molecule has 0 aromatic heterocycles. The van der Waals surface area contributed by atoms with Crippen LogP contribution in [0.1, 0.15) is 77.6 Å². The lowest BCUT2D eigenvalue weighted by molar-refractivity contribution is -0.201. The second kappa shape index (κ2) is 6.73. The zero-order valence-corrected chi connectivity index (χ0v) is 17.1. The van der Waals surface area contributed by atoms with Crippen LogP contribution in [0.15, 0.2) is 0 Å². The molecule has 1 amide bonds. The van der Waals surface area contributed by atoms with Crippen LogP contribution < -0.4 is 0 Å². The summed E-state index contributed by atoms with van der Waals surface area (Å²) in [6.45, 7) is 1.61. The van der Waals surface area contributed by atoms with Crippen LogP contribution in [0, 0.1) is 28.6 Å². The molecular weight excluding hydrogens is 356 g/mol. The van der Waals surface area contributed by atoms with Crippen molar-refractivity contribution >= 4 is 11.9 Å². The Balaban J connectivity index is 1.45. The predicted molar refractivity (Wildman–Crippen MR) is 102 cm³/mol. The van der Waals surface area contributed by atoms with Gasteiger partial charge < -0.3 is 14.7 Å². The van der Waals surface area contributed by atoms with Gasteiger partial charge in [-0.2, -0.15) is 5.26 Å². The number of hydrogen-bond acceptors (Lipinski definition) is 5. The standard InChI is InChI=1S/C22H32N2O4/c1-15(18(25)24(2)21(14-23)6-4-3-5-7-21)28-19(26)20-9-16-8-17(10-20)12-22(27,11-16)13-20/h15-17,27H,3-13H2,1-2H3/t15-,16-,17+,20?,22?/m0/s1. The number of carbonyl (C=O) groups is 2. The highest BCUT2D eigenvalue weighted by Gasteiger charge is 2.61. The number of nitriles is 1. The van der Waals surface area contributed by atoms with Gasteiger partial charge in [0.25, 0.3) is 5.91 Å². The molecular formula is C22H32N2O4. The van der Waals surface area contributed by atoms with Crippen LogP contribution in [-0.4, -0.2) is 46.2 Å². The third-order valence-electron chi connectivity index (χ3n) is 7.96. The summed E-state index contributed by atoms with van der Waals surface area (Å²) in [4.78, 5) is 27.6. The summed E-state index contributed by atoms with van der Waals surface area (Å²) in [6, 6.07) is 2.35. The Kier molecular flexibility index (Phi) is 4.73. The van der Waals surface area contributed by atoms with Gasteiger partial charge >= 0.3 is 5.97 Å². The first-order valence-corrected chi connectivity index (χ1v) is 10.8. The average Bonchev–Trinajstić information content (AvgIpc) is 2.65. The molecule has 2 unspecified atom stereocenters. The van der Waals surface area contributed by atoms with E-state index < -0.39 is 22.7 Å². The Hall–Kier alpha value is -1.61. The fraction of sp³-hybridized carbons (Fsp3) is 0.864. The Morgan fingerprint density at radius 3 is 2.29 bits per heavy atom. The van der Waals surface area contributed by atoms with Gasteiger partial charge in [-0.25, -0.2) is 0 Å². The maximum absolute atomic E-state index is 13.1. The topological polar surface area (TPSA) is 90.6 Å². The molecule has 5 atom stereocenters. The molecule has 1 N–H and O–H groups in total. The molecule has 6 heteroatoms. The molecule has 4 bridgehead atoms. The van der Waals surface area contributed by atoms with Crippen LogP contribution in [0.3, 0.4) is 0 Å². The molecule has 5 aliphatic rings. The van der Waals surface area contributed by atoms with Gasteiger partial charge in [0.2, 0.25) is 0 Å². The maximum Gasteiger partial charge on any atom is 0.312 e. The van der Waals surface area contributed by atoms with Crippen molar-refractivity contribution in [1.82, 2.24) is 4.90 Å². The minimum atomic E-state index is -0.910. The summed E-state index contributed by atoms with van der Waals surface area (Å²) in [7, 11) is 1.66. The monoisotopic (exact) mass is 388 g/mol. The Morgan fingerprint density at radius 1 is 1.14 bits per heavy atom. The van der Waals surface area contributed by atoms with Gasteiger partial charge in [0.05, 0.1) is 17.1 Å². The van der Waals surface area contributed by atoms with E-state index in [-0.39, 0.29) is 11.9 Å². The summed E-state index contributed by atoms with van der Waals surface area (Å²) in [5.74, 6) is 0.136. The Bertz CT molecular complexity index is 692. The van der Waals surface area contributed by atoms with Crippen molar-refractivity contribution in [2.45, 2.75) is 94.8 Å². The summed E-state index contributed by atoms with van der Waals surface area (Å²) in [6.07, 6.45) is 8.07. The third kappa shape index (κ3) is 3.12. The van der Waals surface area contributed by atoms with E-state index in [0.29, 0.717) is 31.1 Å².